The van der Waals surface area contributed by atoms with Crippen LogP contribution in [-0.2, 0) is 0 Å². The van der Waals surface area contributed by atoms with Crippen molar-refractivity contribution < 1.29 is 8.78 Å². The number of hydrogen-bond acceptors (Lipinski definition) is 2. The summed E-state index contributed by atoms with van der Waals surface area (Å²) in [6, 6.07) is 11.9. The zero-order valence-electron chi connectivity index (χ0n) is 11.9. The highest BCUT2D eigenvalue weighted by Gasteiger charge is 2.40. The lowest BCUT2D eigenvalue weighted by Gasteiger charge is -2.34. The van der Waals surface area contributed by atoms with Gasteiger partial charge in [0.25, 0.3) is 0 Å². The van der Waals surface area contributed by atoms with Gasteiger partial charge in [-0.25, -0.2) is 8.78 Å². The average molecular weight is 323 g/mol. The molecule has 2 aromatic rings. The number of benzene rings is 2. The van der Waals surface area contributed by atoms with Crippen LogP contribution < -0.4 is 10.2 Å². The van der Waals surface area contributed by atoms with Crippen molar-refractivity contribution in [2.45, 2.75) is 18.4 Å². The summed E-state index contributed by atoms with van der Waals surface area (Å²) in [5, 5.41) is 3.39. The highest BCUT2D eigenvalue weighted by molar-refractivity contribution is 5.85. The number of halogens is 3. The van der Waals surface area contributed by atoms with Crippen LogP contribution in [0.25, 0.3) is 0 Å². The van der Waals surface area contributed by atoms with Crippen LogP contribution in [0.2, 0.25) is 0 Å². The number of nitrogens with zero attached hydrogens (tertiary/aromatic N) is 1. The summed E-state index contributed by atoms with van der Waals surface area (Å²) in [5.41, 5.74) is 3.07. The van der Waals surface area contributed by atoms with E-state index >= 15 is 0 Å². The Labute approximate surface area is 134 Å². The minimum absolute atomic E-state index is 0. The third kappa shape index (κ3) is 2.36. The molecule has 1 N–H and O–H groups in total. The normalized spacial score (nSPS) is 22.7. The molecular formula is C17H17ClF2N2. The standard InChI is InChI=1S/C17H16F2N2.ClH/c18-11-1-4-13(5-2-11)21-16-6-3-12(19)9-14(16)15-10-20-8-7-17(15)21;/h1-6,9,15,17,20H,7-8,10H2;1H/t15-,17+;/m0./s1. The van der Waals surface area contributed by atoms with Gasteiger partial charge in [-0.15, -0.1) is 12.4 Å². The van der Waals surface area contributed by atoms with Gasteiger partial charge in [0.1, 0.15) is 11.6 Å². The van der Waals surface area contributed by atoms with Crippen LogP contribution in [0.4, 0.5) is 20.2 Å². The summed E-state index contributed by atoms with van der Waals surface area (Å²) in [4.78, 5) is 2.24. The predicted octanol–water partition coefficient (Wildman–Crippen LogP) is 3.98. The molecule has 2 aromatic carbocycles. The van der Waals surface area contributed by atoms with Crippen LogP contribution in [0.1, 0.15) is 17.9 Å². The maximum Gasteiger partial charge on any atom is 0.123 e. The number of fused-ring (bicyclic) bond motifs is 3. The fraction of sp³-hybridized carbons (Fsp3) is 0.294. The Morgan fingerprint density at radius 3 is 2.50 bits per heavy atom. The number of rotatable bonds is 1. The molecule has 2 aliphatic heterocycles. The molecule has 0 unspecified atom stereocenters. The van der Waals surface area contributed by atoms with Gasteiger partial charge in [0.15, 0.2) is 0 Å². The zero-order valence-corrected chi connectivity index (χ0v) is 12.7. The summed E-state index contributed by atoms with van der Waals surface area (Å²) < 4.78 is 26.8. The lowest BCUT2D eigenvalue weighted by atomic mass is 9.90. The van der Waals surface area contributed by atoms with Gasteiger partial charge in [0.2, 0.25) is 0 Å². The maximum absolute atomic E-state index is 13.6. The van der Waals surface area contributed by atoms with Crippen LogP contribution in [0.5, 0.6) is 0 Å². The molecule has 116 valence electrons. The van der Waals surface area contributed by atoms with Gasteiger partial charge in [-0.2, -0.15) is 0 Å². The first kappa shape index (κ1) is 15.3. The van der Waals surface area contributed by atoms with Crippen LogP contribution in [0.3, 0.4) is 0 Å². The topological polar surface area (TPSA) is 15.3 Å². The van der Waals surface area contributed by atoms with E-state index in [2.05, 4.69) is 10.2 Å². The number of anilines is 2. The molecule has 0 radical (unpaired) electrons. The Kier molecular flexibility index (Phi) is 4.06. The largest absolute Gasteiger partial charge is 0.337 e. The predicted molar refractivity (Wildman–Crippen MR) is 86.2 cm³/mol. The summed E-state index contributed by atoms with van der Waals surface area (Å²) >= 11 is 0. The Bertz CT molecular complexity index is 675. The Balaban J connectivity index is 0.00000144. The molecule has 2 nitrogen and oxygen atoms in total. The molecule has 4 rings (SSSR count). The minimum atomic E-state index is -0.237. The third-order valence-corrected chi connectivity index (χ3v) is 4.53. The van der Waals surface area contributed by atoms with Crippen LogP contribution in [-0.4, -0.2) is 19.1 Å². The maximum atomic E-state index is 13.6. The number of nitrogens with one attached hydrogen (secondary N) is 1. The van der Waals surface area contributed by atoms with E-state index < -0.39 is 0 Å². The van der Waals surface area contributed by atoms with Crippen molar-refractivity contribution in [3.63, 3.8) is 0 Å². The van der Waals surface area contributed by atoms with Gasteiger partial charge in [-0.1, -0.05) is 0 Å². The molecule has 5 heteroatoms. The van der Waals surface area contributed by atoms with E-state index in [-0.39, 0.29) is 30.0 Å². The van der Waals surface area contributed by atoms with Crippen molar-refractivity contribution in [2.75, 3.05) is 18.0 Å². The minimum Gasteiger partial charge on any atom is -0.337 e. The quantitative estimate of drug-likeness (QED) is 0.854. The first-order chi connectivity index (χ1) is 10.2. The van der Waals surface area contributed by atoms with Crippen molar-refractivity contribution in [1.29, 1.82) is 0 Å². The lowest BCUT2D eigenvalue weighted by molar-refractivity contribution is 0.419. The van der Waals surface area contributed by atoms with Crippen molar-refractivity contribution in [1.82, 2.24) is 5.32 Å². The second-order valence-corrected chi connectivity index (χ2v) is 5.72. The molecule has 0 amide bonds. The van der Waals surface area contributed by atoms with Gasteiger partial charge in [-0.3, -0.25) is 0 Å². The van der Waals surface area contributed by atoms with Crippen molar-refractivity contribution in [3.05, 3.63) is 59.7 Å². The van der Waals surface area contributed by atoms with E-state index in [0.29, 0.717) is 6.04 Å². The molecule has 0 aromatic heterocycles. The number of hydrogen-bond donors (Lipinski definition) is 1. The molecule has 1 saturated heterocycles. The molecular weight excluding hydrogens is 306 g/mol. The summed E-state index contributed by atoms with van der Waals surface area (Å²) in [6.07, 6.45) is 0.998. The molecule has 2 atom stereocenters. The van der Waals surface area contributed by atoms with Crippen LogP contribution >= 0.6 is 12.4 Å². The Morgan fingerprint density at radius 2 is 1.73 bits per heavy atom. The van der Waals surface area contributed by atoms with E-state index in [1.807, 2.05) is 6.07 Å². The summed E-state index contributed by atoms with van der Waals surface area (Å²) in [7, 11) is 0. The first-order valence-electron chi connectivity index (χ1n) is 7.29. The van der Waals surface area contributed by atoms with Gasteiger partial charge < -0.3 is 10.2 Å². The SMILES string of the molecule is Cl.Fc1ccc(N2c3ccc(F)cc3[C@@H]3CNCC[C@H]32)cc1. The van der Waals surface area contributed by atoms with Gasteiger partial charge in [0.05, 0.1) is 0 Å². The van der Waals surface area contributed by atoms with Crippen molar-refractivity contribution in [3.8, 4) is 0 Å². The van der Waals surface area contributed by atoms with Crippen molar-refractivity contribution in [2.24, 2.45) is 0 Å². The fourth-order valence-corrected chi connectivity index (χ4v) is 3.62. The molecule has 2 aliphatic rings. The average Bonchev–Trinajstić information content (AvgIpc) is 2.82. The first-order valence-corrected chi connectivity index (χ1v) is 7.29. The summed E-state index contributed by atoms with van der Waals surface area (Å²) in [6.45, 7) is 1.81. The molecule has 2 heterocycles. The second-order valence-electron chi connectivity index (χ2n) is 5.72. The van der Waals surface area contributed by atoms with E-state index in [1.54, 1.807) is 18.2 Å². The molecule has 0 aliphatic carbocycles. The highest BCUT2D eigenvalue weighted by Crippen LogP contribution is 2.47. The second kappa shape index (κ2) is 5.86. The molecule has 0 bridgehead atoms. The fourth-order valence-electron chi connectivity index (χ4n) is 3.62. The van der Waals surface area contributed by atoms with Gasteiger partial charge in [0, 0.05) is 29.9 Å². The molecule has 0 spiro atoms. The monoisotopic (exact) mass is 322 g/mol. The molecule has 22 heavy (non-hydrogen) atoms. The molecule has 1 fully saturated rings. The third-order valence-electron chi connectivity index (χ3n) is 4.53. The van der Waals surface area contributed by atoms with Crippen LogP contribution in [0.15, 0.2) is 42.5 Å². The highest BCUT2D eigenvalue weighted by atomic mass is 35.5. The Hall–Kier alpha value is -1.65. The van der Waals surface area contributed by atoms with E-state index in [9.17, 15) is 8.78 Å². The number of piperidine rings is 1. The van der Waals surface area contributed by atoms with Crippen molar-refractivity contribution >= 4 is 23.8 Å². The summed E-state index contributed by atoms with van der Waals surface area (Å²) in [5.74, 6) is -0.146. The molecule has 0 saturated carbocycles. The van der Waals surface area contributed by atoms with Crippen LogP contribution in [0, 0.1) is 11.6 Å². The zero-order chi connectivity index (χ0) is 14.4. The van der Waals surface area contributed by atoms with E-state index in [1.165, 1.54) is 18.2 Å². The smallest absolute Gasteiger partial charge is 0.123 e. The van der Waals surface area contributed by atoms with E-state index in [0.717, 1.165) is 36.4 Å². The van der Waals surface area contributed by atoms with E-state index in [4.69, 9.17) is 0 Å². The lowest BCUT2D eigenvalue weighted by Crippen LogP contribution is -2.42. The van der Waals surface area contributed by atoms with Gasteiger partial charge >= 0.3 is 0 Å². The van der Waals surface area contributed by atoms with Gasteiger partial charge in [-0.05, 0) is 61.0 Å². The Morgan fingerprint density at radius 1 is 1.00 bits per heavy atom.